The largest absolute Gasteiger partial charge is 0.485 e. The zero-order valence-corrected chi connectivity index (χ0v) is 18.0. The summed E-state index contributed by atoms with van der Waals surface area (Å²) in [6, 6.07) is -0.891. The molecule has 1 unspecified atom stereocenters. The number of fused-ring (bicyclic) bond motifs is 1. The van der Waals surface area contributed by atoms with E-state index in [-0.39, 0.29) is 18.3 Å². The van der Waals surface area contributed by atoms with Gasteiger partial charge in [-0.05, 0) is 34.6 Å². The number of aromatic nitrogens is 6. The summed E-state index contributed by atoms with van der Waals surface area (Å²) < 4.78 is 52.5. The van der Waals surface area contributed by atoms with Gasteiger partial charge < -0.3 is 14.8 Å². The fourth-order valence-corrected chi connectivity index (χ4v) is 3.04. The van der Waals surface area contributed by atoms with Gasteiger partial charge in [-0.3, -0.25) is 0 Å². The first kappa shape index (κ1) is 22.8. The molecule has 0 fully saturated rings. The summed E-state index contributed by atoms with van der Waals surface area (Å²) in [5.41, 5.74) is 1.53. The number of hydrogen-bond acceptors (Lipinski definition) is 7. The number of anilines is 1. The molecule has 12 heteroatoms. The van der Waals surface area contributed by atoms with Gasteiger partial charge in [0.2, 0.25) is 11.6 Å². The molecule has 2 atom stereocenters. The van der Waals surface area contributed by atoms with E-state index in [0.29, 0.717) is 29.3 Å². The molecule has 3 rings (SSSR count). The minimum absolute atomic E-state index is 0.0602. The van der Waals surface area contributed by atoms with Crippen molar-refractivity contribution in [1.82, 2.24) is 29.4 Å². The summed E-state index contributed by atoms with van der Waals surface area (Å²) in [7, 11) is 0. The fourth-order valence-electron chi connectivity index (χ4n) is 3.04. The smallest absolute Gasteiger partial charge is 0.391 e. The molecule has 9 nitrogen and oxygen atoms in total. The molecule has 0 saturated carbocycles. The molecule has 31 heavy (non-hydrogen) atoms. The fraction of sp³-hybridized carbons (Fsp3) is 0.579. The first-order chi connectivity index (χ1) is 14.6. The highest BCUT2D eigenvalue weighted by Gasteiger charge is 2.30. The molecule has 3 heterocycles. The molecule has 0 aliphatic carbocycles. The third kappa shape index (κ3) is 5.63. The normalized spacial score (nSPS) is 14.2. The lowest BCUT2D eigenvalue weighted by Gasteiger charge is -2.14. The third-order valence-electron chi connectivity index (χ3n) is 4.27. The van der Waals surface area contributed by atoms with Gasteiger partial charge in [-0.1, -0.05) is 0 Å². The quantitative estimate of drug-likeness (QED) is 0.535. The van der Waals surface area contributed by atoms with E-state index >= 15 is 0 Å². The van der Waals surface area contributed by atoms with Gasteiger partial charge in [0.1, 0.15) is 18.2 Å². The lowest BCUT2D eigenvalue weighted by atomic mass is 10.2. The highest BCUT2D eigenvalue weighted by atomic mass is 19.4. The van der Waals surface area contributed by atoms with Crippen LogP contribution in [0.15, 0.2) is 18.7 Å². The number of rotatable bonds is 9. The molecule has 0 aliphatic rings. The van der Waals surface area contributed by atoms with Crippen molar-refractivity contribution in [3.8, 4) is 17.0 Å². The molecular weight excluding hydrogens is 415 g/mol. The predicted molar refractivity (Wildman–Crippen MR) is 108 cm³/mol. The Morgan fingerprint density at radius 2 is 1.94 bits per heavy atom. The first-order valence-electron chi connectivity index (χ1n) is 9.98. The molecule has 0 aromatic carbocycles. The van der Waals surface area contributed by atoms with E-state index in [9.17, 15) is 13.2 Å². The van der Waals surface area contributed by atoms with E-state index in [4.69, 9.17) is 9.47 Å². The Morgan fingerprint density at radius 1 is 1.19 bits per heavy atom. The Morgan fingerprint density at radius 3 is 2.58 bits per heavy atom. The molecule has 0 bridgehead atoms. The Kier molecular flexibility index (Phi) is 6.68. The number of ether oxygens (including phenoxy) is 2. The highest BCUT2D eigenvalue weighted by Crippen LogP contribution is 2.33. The van der Waals surface area contributed by atoms with Crippen molar-refractivity contribution < 1.29 is 22.6 Å². The molecule has 0 saturated heterocycles. The number of hydrogen-bond donors (Lipinski definition) is 1. The van der Waals surface area contributed by atoms with E-state index in [2.05, 4.69) is 25.5 Å². The summed E-state index contributed by atoms with van der Waals surface area (Å²) in [5, 5.41) is 11.2. The second-order valence-corrected chi connectivity index (χ2v) is 7.42. The molecule has 0 aliphatic heterocycles. The van der Waals surface area contributed by atoms with Crippen LogP contribution in [0, 0.1) is 0 Å². The van der Waals surface area contributed by atoms with E-state index in [0.717, 1.165) is 0 Å². The van der Waals surface area contributed by atoms with Crippen molar-refractivity contribution >= 4 is 11.6 Å². The number of halogens is 3. The summed E-state index contributed by atoms with van der Waals surface area (Å²) in [5.74, 6) is 0.426. The number of nitrogens with zero attached hydrogens (tertiary/aromatic N) is 6. The van der Waals surface area contributed by atoms with Crippen LogP contribution in [0.1, 0.15) is 47.3 Å². The van der Waals surface area contributed by atoms with Crippen molar-refractivity contribution in [2.24, 2.45) is 0 Å². The Hall–Kier alpha value is -2.89. The topological polar surface area (TPSA) is 91.4 Å². The van der Waals surface area contributed by atoms with Gasteiger partial charge in [-0.15, -0.1) is 5.10 Å². The van der Waals surface area contributed by atoms with Gasteiger partial charge in [0, 0.05) is 24.4 Å². The minimum Gasteiger partial charge on any atom is -0.485 e. The van der Waals surface area contributed by atoms with Crippen molar-refractivity contribution in [2.45, 2.75) is 65.6 Å². The van der Waals surface area contributed by atoms with Crippen LogP contribution in [0.2, 0.25) is 0 Å². The van der Waals surface area contributed by atoms with Crippen molar-refractivity contribution in [3.63, 3.8) is 0 Å². The zero-order chi connectivity index (χ0) is 22.8. The van der Waals surface area contributed by atoms with Gasteiger partial charge >= 0.3 is 6.18 Å². The predicted octanol–water partition coefficient (Wildman–Crippen LogP) is 4.08. The van der Waals surface area contributed by atoms with Crippen molar-refractivity contribution in [3.05, 3.63) is 18.7 Å². The second-order valence-electron chi connectivity index (χ2n) is 7.42. The van der Waals surface area contributed by atoms with Crippen molar-refractivity contribution in [1.29, 1.82) is 0 Å². The molecular formula is C19H26F3N7O2. The first-order valence-corrected chi connectivity index (χ1v) is 9.98. The maximum absolute atomic E-state index is 12.6. The molecule has 0 amide bonds. The Labute approximate surface area is 177 Å². The SMILES string of the molecule is CCOC(C)n1cc(-c2ncn3nc(N[C@H](C)CC(F)(F)F)nc3c2OC(C)C)cn1. The van der Waals surface area contributed by atoms with Gasteiger partial charge in [0.15, 0.2) is 5.75 Å². The van der Waals surface area contributed by atoms with E-state index in [1.165, 1.54) is 17.8 Å². The van der Waals surface area contributed by atoms with Crippen LogP contribution in [0.5, 0.6) is 5.75 Å². The number of nitrogens with one attached hydrogen (secondary N) is 1. The van der Waals surface area contributed by atoms with Crippen LogP contribution < -0.4 is 10.1 Å². The maximum Gasteiger partial charge on any atom is 0.391 e. The number of alkyl halides is 3. The van der Waals surface area contributed by atoms with Crippen LogP contribution in [0.25, 0.3) is 16.9 Å². The molecule has 1 N–H and O–H groups in total. The monoisotopic (exact) mass is 441 g/mol. The maximum atomic E-state index is 12.6. The summed E-state index contributed by atoms with van der Waals surface area (Å²) in [6.45, 7) is 9.45. The average Bonchev–Trinajstić information content (AvgIpc) is 3.27. The molecule has 3 aromatic heterocycles. The van der Waals surface area contributed by atoms with Gasteiger partial charge in [-0.25, -0.2) is 9.67 Å². The van der Waals surface area contributed by atoms with E-state index < -0.39 is 18.6 Å². The van der Waals surface area contributed by atoms with Crippen LogP contribution in [0.3, 0.4) is 0 Å². The Bertz CT molecular complexity index is 1020. The van der Waals surface area contributed by atoms with Crippen LogP contribution in [-0.4, -0.2) is 54.3 Å². The van der Waals surface area contributed by atoms with Gasteiger partial charge in [0.25, 0.3) is 0 Å². The molecule has 0 radical (unpaired) electrons. The molecule has 170 valence electrons. The highest BCUT2D eigenvalue weighted by molar-refractivity contribution is 5.74. The second kappa shape index (κ2) is 9.08. The van der Waals surface area contributed by atoms with Crippen LogP contribution in [-0.2, 0) is 4.74 Å². The van der Waals surface area contributed by atoms with Crippen LogP contribution in [0.4, 0.5) is 19.1 Å². The van der Waals surface area contributed by atoms with Crippen LogP contribution >= 0.6 is 0 Å². The lowest BCUT2D eigenvalue weighted by molar-refractivity contribution is -0.136. The van der Waals surface area contributed by atoms with Gasteiger partial charge in [-0.2, -0.15) is 27.8 Å². The average molecular weight is 441 g/mol. The Balaban J connectivity index is 1.97. The summed E-state index contributed by atoms with van der Waals surface area (Å²) >= 11 is 0. The molecule has 0 spiro atoms. The molecule has 3 aromatic rings. The standard InChI is InChI=1S/C19H26F3N7O2/c1-6-30-13(5)28-9-14(8-24-28)15-16(31-11(2)3)17-26-18(27-29(17)10-23-15)25-12(4)7-19(20,21)22/h8-13H,6-7H2,1-5H3,(H,25,27)/t12-,13?/m1/s1. The third-order valence-corrected chi connectivity index (χ3v) is 4.27. The van der Waals surface area contributed by atoms with Gasteiger partial charge in [0.05, 0.1) is 18.7 Å². The summed E-state index contributed by atoms with van der Waals surface area (Å²) in [6.07, 6.45) is -0.870. The van der Waals surface area contributed by atoms with E-state index in [1.54, 1.807) is 17.1 Å². The van der Waals surface area contributed by atoms with E-state index in [1.807, 2.05) is 27.7 Å². The zero-order valence-electron chi connectivity index (χ0n) is 18.0. The minimum atomic E-state index is -4.29. The summed E-state index contributed by atoms with van der Waals surface area (Å²) in [4.78, 5) is 8.78. The van der Waals surface area contributed by atoms with Crippen molar-refractivity contribution in [2.75, 3.05) is 11.9 Å². The lowest BCUT2D eigenvalue weighted by Crippen LogP contribution is -2.24.